The van der Waals surface area contributed by atoms with Gasteiger partial charge in [0, 0.05) is 6.42 Å². The Morgan fingerprint density at radius 2 is 2.20 bits per heavy atom. The van der Waals surface area contributed by atoms with E-state index in [1.54, 1.807) is 13.8 Å². The Kier molecular flexibility index (Phi) is 4.62. The third-order valence-corrected chi connectivity index (χ3v) is 0.807. The summed E-state index contributed by atoms with van der Waals surface area (Å²) >= 11 is 0. The maximum Gasteiger partial charge on any atom is 0.510 e. The fourth-order valence-electron chi connectivity index (χ4n) is 0.340. The summed E-state index contributed by atoms with van der Waals surface area (Å²) in [4.78, 5) is 10.3. The van der Waals surface area contributed by atoms with E-state index in [1.165, 1.54) is 0 Å². The molecular formula is C6H11FO3. The Bertz CT molecular complexity index is 105. The van der Waals surface area contributed by atoms with Crippen LogP contribution in [-0.4, -0.2) is 19.1 Å². The van der Waals surface area contributed by atoms with E-state index in [4.69, 9.17) is 0 Å². The number of carbonyl (C=O) groups is 1. The maximum absolute atomic E-state index is 12.2. The van der Waals surface area contributed by atoms with Crippen LogP contribution in [-0.2, 0) is 9.47 Å². The molecule has 10 heavy (non-hydrogen) atoms. The summed E-state index contributed by atoms with van der Waals surface area (Å²) in [6.07, 6.45) is -2.34. The second kappa shape index (κ2) is 5.02. The molecule has 4 heteroatoms. The standard InChI is InChI=1S/C6H11FO3/c1-3-5(7)10-6(8)9-4-2/h5H,3-4H2,1-2H3. The summed E-state index contributed by atoms with van der Waals surface area (Å²) in [5.74, 6) is 0. The molecule has 0 aliphatic heterocycles. The third kappa shape index (κ3) is 4.12. The van der Waals surface area contributed by atoms with E-state index >= 15 is 0 Å². The predicted octanol–water partition coefficient (Wildman–Crippen LogP) is 1.87. The Morgan fingerprint density at radius 3 is 2.60 bits per heavy atom. The molecule has 0 amide bonds. The van der Waals surface area contributed by atoms with Gasteiger partial charge in [0.15, 0.2) is 0 Å². The van der Waals surface area contributed by atoms with E-state index in [9.17, 15) is 9.18 Å². The molecule has 0 N–H and O–H groups in total. The average Bonchev–Trinajstić information content (AvgIpc) is 1.88. The van der Waals surface area contributed by atoms with Crippen LogP contribution >= 0.6 is 0 Å². The summed E-state index contributed by atoms with van der Waals surface area (Å²) in [5, 5.41) is 0. The maximum atomic E-state index is 12.2. The minimum atomic E-state index is -1.54. The van der Waals surface area contributed by atoms with Crippen LogP contribution < -0.4 is 0 Å². The SMILES string of the molecule is CCOC(=O)OC(F)CC. The molecule has 3 nitrogen and oxygen atoms in total. The molecule has 0 fully saturated rings. The van der Waals surface area contributed by atoms with Gasteiger partial charge in [0.2, 0.25) is 6.36 Å². The van der Waals surface area contributed by atoms with Crippen LogP contribution in [0.15, 0.2) is 0 Å². The van der Waals surface area contributed by atoms with Crippen molar-refractivity contribution in [1.29, 1.82) is 0 Å². The van der Waals surface area contributed by atoms with Crippen molar-refractivity contribution in [3.05, 3.63) is 0 Å². The Labute approximate surface area is 59.1 Å². The van der Waals surface area contributed by atoms with Crippen LogP contribution in [0.2, 0.25) is 0 Å². The summed E-state index contributed by atoms with van der Waals surface area (Å²) in [6, 6.07) is 0. The van der Waals surface area contributed by atoms with E-state index in [-0.39, 0.29) is 13.0 Å². The van der Waals surface area contributed by atoms with Crippen molar-refractivity contribution in [2.45, 2.75) is 26.6 Å². The Balaban J connectivity index is 3.37. The van der Waals surface area contributed by atoms with Gasteiger partial charge in [-0.2, -0.15) is 0 Å². The topological polar surface area (TPSA) is 35.5 Å². The highest BCUT2D eigenvalue weighted by atomic mass is 19.1. The molecule has 0 aliphatic rings. The Morgan fingerprint density at radius 1 is 1.60 bits per heavy atom. The number of rotatable bonds is 3. The molecule has 0 bridgehead atoms. The van der Waals surface area contributed by atoms with Gasteiger partial charge in [-0.15, -0.1) is 0 Å². The lowest BCUT2D eigenvalue weighted by atomic mass is 10.5. The first-order valence-electron chi connectivity index (χ1n) is 3.18. The first kappa shape index (κ1) is 9.20. The zero-order chi connectivity index (χ0) is 7.98. The molecule has 0 spiro atoms. The first-order chi connectivity index (χ1) is 4.70. The summed E-state index contributed by atoms with van der Waals surface area (Å²) in [5.41, 5.74) is 0. The quantitative estimate of drug-likeness (QED) is 0.576. The van der Waals surface area contributed by atoms with Crippen LogP contribution in [0.5, 0.6) is 0 Å². The van der Waals surface area contributed by atoms with E-state index in [0.29, 0.717) is 0 Å². The van der Waals surface area contributed by atoms with Gasteiger partial charge in [-0.05, 0) is 6.92 Å². The lowest BCUT2D eigenvalue weighted by Gasteiger charge is -2.05. The van der Waals surface area contributed by atoms with Crippen molar-refractivity contribution in [3.8, 4) is 0 Å². The van der Waals surface area contributed by atoms with Crippen molar-refractivity contribution < 1.29 is 18.7 Å². The minimum absolute atomic E-state index is 0.152. The molecule has 0 aromatic heterocycles. The van der Waals surface area contributed by atoms with Gasteiger partial charge in [0.1, 0.15) is 0 Å². The van der Waals surface area contributed by atoms with E-state index in [2.05, 4.69) is 9.47 Å². The molecule has 60 valence electrons. The van der Waals surface area contributed by atoms with Crippen molar-refractivity contribution in [2.24, 2.45) is 0 Å². The normalized spacial score (nSPS) is 12.3. The molecule has 0 aliphatic carbocycles. The van der Waals surface area contributed by atoms with Gasteiger partial charge < -0.3 is 9.47 Å². The van der Waals surface area contributed by atoms with Gasteiger partial charge in [0.25, 0.3) is 0 Å². The van der Waals surface area contributed by atoms with E-state index in [1.807, 2.05) is 0 Å². The monoisotopic (exact) mass is 150 g/mol. The van der Waals surface area contributed by atoms with Gasteiger partial charge in [0.05, 0.1) is 6.61 Å². The third-order valence-electron chi connectivity index (χ3n) is 0.807. The summed E-state index contributed by atoms with van der Waals surface area (Å²) in [6.45, 7) is 3.40. The zero-order valence-corrected chi connectivity index (χ0v) is 6.09. The van der Waals surface area contributed by atoms with Crippen molar-refractivity contribution in [1.82, 2.24) is 0 Å². The second-order valence-electron chi connectivity index (χ2n) is 1.62. The minimum Gasteiger partial charge on any atom is -0.435 e. The fourth-order valence-corrected chi connectivity index (χ4v) is 0.340. The highest BCUT2D eigenvalue weighted by molar-refractivity contribution is 5.59. The lowest BCUT2D eigenvalue weighted by Crippen LogP contribution is -2.13. The van der Waals surface area contributed by atoms with Crippen molar-refractivity contribution in [2.75, 3.05) is 6.61 Å². The predicted molar refractivity (Wildman–Crippen MR) is 33.3 cm³/mol. The number of ether oxygens (including phenoxy) is 2. The van der Waals surface area contributed by atoms with E-state index in [0.717, 1.165) is 0 Å². The highest BCUT2D eigenvalue weighted by Gasteiger charge is 2.09. The number of hydrogen-bond donors (Lipinski definition) is 0. The summed E-state index contributed by atoms with van der Waals surface area (Å²) < 4.78 is 20.6. The zero-order valence-electron chi connectivity index (χ0n) is 6.09. The molecule has 0 radical (unpaired) electrons. The fraction of sp³-hybridized carbons (Fsp3) is 0.833. The largest absolute Gasteiger partial charge is 0.510 e. The number of carbonyl (C=O) groups excluding carboxylic acids is 1. The van der Waals surface area contributed by atoms with Crippen LogP contribution in [0.1, 0.15) is 20.3 Å². The molecule has 0 heterocycles. The first-order valence-corrected chi connectivity index (χ1v) is 3.18. The molecular weight excluding hydrogens is 139 g/mol. The number of alkyl halides is 1. The van der Waals surface area contributed by atoms with Gasteiger partial charge in [-0.3, -0.25) is 0 Å². The number of hydrogen-bond acceptors (Lipinski definition) is 3. The van der Waals surface area contributed by atoms with Crippen LogP contribution in [0.3, 0.4) is 0 Å². The smallest absolute Gasteiger partial charge is 0.435 e. The molecule has 0 aromatic carbocycles. The molecule has 1 unspecified atom stereocenters. The lowest BCUT2D eigenvalue weighted by molar-refractivity contribution is -0.0306. The van der Waals surface area contributed by atoms with E-state index < -0.39 is 12.5 Å². The highest BCUT2D eigenvalue weighted by Crippen LogP contribution is 2.00. The van der Waals surface area contributed by atoms with Crippen LogP contribution in [0, 0.1) is 0 Å². The van der Waals surface area contributed by atoms with Crippen molar-refractivity contribution >= 4 is 6.16 Å². The average molecular weight is 150 g/mol. The van der Waals surface area contributed by atoms with Crippen molar-refractivity contribution in [3.63, 3.8) is 0 Å². The second-order valence-corrected chi connectivity index (χ2v) is 1.62. The Hall–Kier alpha value is -0.800. The number of halogens is 1. The molecule has 1 atom stereocenters. The van der Waals surface area contributed by atoms with Crippen LogP contribution in [0.4, 0.5) is 9.18 Å². The van der Waals surface area contributed by atoms with Crippen LogP contribution in [0.25, 0.3) is 0 Å². The summed E-state index contributed by atoms with van der Waals surface area (Å²) in [7, 11) is 0. The van der Waals surface area contributed by atoms with Gasteiger partial charge in [-0.1, -0.05) is 6.92 Å². The molecule has 0 saturated heterocycles. The molecule has 0 rings (SSSR count). The molecule has 0 saturated carbocycles. The molecule has 0 aromatic rings. The van der Waals surface area contributed by atoms with Gasteiger partial charge in [-0.25, -0.2) is 9.18 Å². The van der Waals surface area contributed by atoms with Gasteiger partial charge >= 0.3 is 6.16 Å².